The number of hydrogen-bond donors (Lipinski definition) is 2. The Morgan fingerprint density at radius 3 is 1.62 bits per heavy atom. The lowest BCUT2D eigenvalue weighted by Gasteiger charge is -2.28. The molecule has 2 aliphatic carbocycles. The lowest BCUT2D eigenvalue weighted by atomic mass is 9.76. The van der Waals surface area contributed by atoms with Gasteiger partial charge >= 0.3 is 0 Å². The van der Waals surface area contributed by atoms with Crippen LogP contribution in [0.4, 0.5) is 0 Å². The largest absolute Gasteiger partial charge is 0.506 e. The van der Waals surface area contributed by atoms with Crippen molar-refractivity contribution in [3.63, 3.8) is 0 Å². The number of phenols is 2. The summed E-state index contributed by atoms with van der Waals surface area (Å²) >= 11 is 6.86. The zero-order chi connectivity index (χ0) is 14.8. The monoisotopic (exact) mass is 408 g/mol. The van der Waals surface area contributed by atoms with Crippen LogP contribution in [0, 0.1) is 0 Å². The highest BCUT2D eigenvalue weighted by atomic mass is 79.9. The number of aryl methyl sites for hydroxylation is 2. The summed E-state index contributed by atoms with van der Waals surface area (Å²) in [6.45, 7) is 0. The van der Waals surface area contributed by atoms with Crippen LogP contribution >= 0.6 is 31.9 Å². The highest BCUT2D eigenvalue weighted by Crippen LogP contribution is 2.59. The van der Waals surface area contributed by atoms with Gasteiger partial charge in [-0.25, -0.2) is 0 Å². The molecule has 2 aromatic rings. The van der Waals surface area contributed by atoms with Crippen LogP contribution in [-0.2, 0) is 18.3 Å². The maximum absolute atomic E-state index is 10.6. The number of aromatic hydroxyl groups is 2. The Balaban J connectivity index is 2.05. The van der Waals surface area contributed by atoms with Crippen molar-refractivity contribution in [2.24, 2.45) is 0 Å². The van der Waals surface area contributed by atoms with Crippen LogP contribution in [0.15, 0.2) is 33.2 Å². The minimum absolute atomic E-state index is 0.244. The first-order valence-corrected chi connectivity index (χ1v) is 8.65. The van der Waals surface area contributed by atoms with Gasteiger partial charge < -0.3 is 10.2 Å². The SMILES string of the molecule is Oc1c(Br)ccc2c1C1(CC2)CCc2ccc(Br)c(O)c21. The second kappa shape index (κ2) is 4.50. The van der Waals surface area contributed by atoms with Gasteiger partial charge in [0.15, 0.2) is 0 Å². The molecule has 0 fully saturated rings. The normalized spacial score (nSPS) is 18.0. The van der Waals surface area contributed by atoms with Gasteiger partial charge in [-0.05, 0) is 80.8 Å². The quantitative estimate of drug-likeness (QED) is 0.655. The summed E-state index contributed by atoms with van der Waals surface area (Å²) in [5.74, 6) is 0.662. The standard InChI is InChI=1S/C17H14Br2O2/c18-11-3-1-9-5-7-17(13(9)15(11)20)8-6-10-2-4-12(19)16(21)14(10)17/h1-4,20-21H,5-8H2. The average molecular weight is 410 g/mol. The minimum atomic E-state index is -0.244. The van der Waals surface area contributed by atoms with E-state index in [0.29, 0.717) is 11.5 Å². The molecule has 0 amide bonds. The van der Waals surface area contributed by atoms with Crippen molar-refractivity contribution >= 4 is 31.9 Å². The number of phenolic OH excluding ortho intramolecular Hbond substituents is 2. The van der Waals surface area contributed by atoms with Crippen molar-refractivity contribution in [2.45, 2.75) is 31.1 Å². The fourth-order valence-electron chi connectivity index (χ4n) is 4.15. The summed E-state index contributed by atoms with van der Waals surface area (Å²) in [6.07, 6.45) is 3.79. The molecule has 0 saturated carbocycles. The number of benzene rings is 2. The number of rotatable bonds is 0. The van der Waals surface area contributed by atoms with Gasteiger partial charge in [-0.2, -0.15) is 0 Å². The van der Waals surface area contributed by atoms with Crippen LogP contribution in [-0.4, -0.2) is 10.2 Å². The second-order valence-electron chi connectivity index (χ2n) is 5.94. The molecule has 2 N–H and O–H groups in total. The Bertz CT molecular complexity index is 702. The fourth-order valence-corrected chi connectivity index (χ4v) is 4.81. The summed E-state index contributed by atoms with van der Waals surface area (Å²) in [5, 5.41) is 21.2. The molecule has 0 unspecified atom stereocenters. The summed E-state index contributed by atoms with van der Waals surface area (Å²) in [7, 11) is 0. The molecule has 0 aliphatic heterocycles. The minimum Gasteiger partial charge on any atom is -0.506 e. The molecule has 0 radical (unpaired) electrons. The van der Waals surface area contributed by atoms with E-state index in [1.54, 1.807) is 0 Å². The van der Waals surface area contributed by atoms with Crippen LogP contribution < -0.4 is 0 Å². The summed E-state index contributed by atoms with van der Waals surface area (Å²) in [6, 6.07) is 7.98. The highest BCUT2D eigenvalue weighted by Gasteiger charge is 2.48. The molecule has 0 atom stereocenters. The summed E-state index contributed by atoms with van der Waals surface area (Å²) < 4.78 is 1.45. The van der Waals surface area contributed by atoms with Crippen molar-refractivity contribution in [3.8, 4) is 11.5 Å². The van der Waals surface area contributed by atoms with E-state index in [0.717, 1.165) is 45.8 Å². The van der Waals surface area contributed by atoms with E-state index >= 15 is 0 Å². The molecular formula is C17H14Br2O2. The third-order valence-electron chi connectivity index (χ3n) is 5.03. The zero-order valence-corrected chi connectivity index (χ0v) is 14.5. The van der Waals surface area contributed by atoms with Gasteiger partial charge in [0, 0.05) is 16.5 Å². The first kappa shape index (κ1) is 13.6. The molecule has 2 aromatic carbocycles. The molecular weight excluding hydrogens is 396 g/mol. The Kier molecular flexibility index (Phi) is 2.92. The molecule has 0 bridgehead atoms. The predicted molar refractivity (Wildman–Crippen MR) is 89.0 cm³/mol. The predicted octanol–water partition coefficient (Wildman–Crippen LogP) is 4.80. The highest BCUT2D eigenvalue weighted by molar-refractivity contribution is 9.10. The van der Waals surface area contributed by atoms with Crippen molar-refractivity contribution in [1.82, 2.24) is 0 Å². The Morgan fingerprint density at radius 2 is 1.19 bits per heavy atom. The van der Waals surface area contributed by atoms with E-state index in [1.807, 2.05) is 12.1 Å². The molecule has 4 rings (SSSR count). The fraction of sp³-hybridized carbons (Fsp3) is 0.294. The average Bonchev–Trinajstić information content (AvgIpc) is 3.02. The summed E-state index contributed by atoms with van der Waals surface area (Å²) in [5.41, 5.74) is 4.16. The van der Waals surface area contributed by atoms with E-state index in [4.69, 9.17) is 0 Å². The Morgan fingerprint density at radius 1 is 0.762 bits per heavy atom. The molecule has 0 heterocycles. The zero-order valence-electron chi connectivity index (χ0n) is 11.3. The van der Waals surface area contributed by atoms with Crippen LogP contribution in [0.3, 0.4) is 0 Å². The van der Waals surface area contributed by atoms with Gasteiger partial charge in [0.2, 0.25) is 0 Å². The van der Waals surface area contributed by atoms with Gasteiger partial charge in [-0.1, -0.05) is 12.1 Å². The first-order valence-electron chi connectivity index (χ1n) is 7.06. The molecule has 1 spiro atoms. The van der Waals surface area contributed by atoms with E-state index in [2.05, 4.69) is 44.0 Å². The van der Waals surface area contributed by atoms with E-state index < -0.39 is 0 Å². The molecule has 108 valence electrons. The number of hydrogen-bond acceptors (Lipinski definition) is 2. The van der Waals surface area contributed by atoms with E-state index in [-0.39, 0.29) is 5.41 Å². The van der Waals surface area contributed by atoms with Crippen LogP contribution in [0.5, 0.6) is 11.5 Å². The molecule has 0 aromatic heterocycles. The maximum atomic E-state index is 10.6. The van der Waals surface area contributed by atoms with Gasteiger partial charge in [0.05, 0.1) is 8.95 Å². The third kappa shape index (κ3) is 1.69. The van der Waals surface area contributed by atoms with Gasteiger partial charge in [-0.15, -0.1) is 0 Å². The van der Waals surface area contributed by atoms with Crippen LogP contribution in [0.1, 0.15) is 35.1 Å². The molecule has 0 saturated heterocycles. The van der Waals surface area contributed by atoms with Crippen LogP contribution in [0.25, 0.3) is 0 Å². The van der Waals surface area contributed by atoms with Crippen molar-refractivity contribution < 1.29 is 10.2 Å². The van der Waals surface area contributed by atoms with Crippen molar-refractivity contribution in [3.05, 3.63) is 55.5 Å². The Hall–Kier alpha value is -1.00. The smallest absolute Gasteiger partial charge is 0.134 e. The molecule has 4 heteroatoms. The van der Waals surface area contributed by atoms with Crippen molar-refractivity contribution in [2.75, 3.05) is 0 Å². The van der Waals surface area contributed by atoms with Crippen molar-refractivity contribution in [1.29, 1.82) is 0 Å². The molecule has 2 nitrogen and oxygen atoms in total. The Labute approximate surface area is 140 Å². The lowest BCUT2D eigenvalue weighted by molar-refractivity contribution is 0.413. The maximum Gasteiger partial charge on any atom is 0.134 e. The van der Waals surface area contributed by atoms with Gasteiger partial charge in [0.25, 0.3) is 0 Å². The van der Waals surface area contributed by atoms with E-state index in [1.165, 1.54) is 11.1 Å². The van der Waals surface area contributed by atoms with E-state index in [9.17, 15) is 10.2 Å². The second-order valence-corrected chi connectivity index (χ2v) is 7.65. The van der Waals surface area contributed by atoms with Gasteiger partial charge in [-0.3, -0.25) is 0 Å². The number of halogens is 2. The summed E-state index contributed by atoms with van der Waals surface area (Å²) in [4.78, 5) is 0. The topological polar surface area (TPSA) is 40.5 Å². The first-order chi connectivity index (χ1) is 10.0. The van der Waals surface area contributed by atoms with Crippen LogP contribution in [0.2, 0.25) is 0 Å². The molecule has 2 aliphatic rings. The molecule has 21 heavy (non-hydrogen) atoms. The third-order valence-corrected chi connectivity index (χ3v) is 6.31. The van der Waals surface area contributed by atoms with Gasteiger partial charge in [0.1, 0.15) is 11.5 Å². The number of fused-ring (bicyclic) bond motifs is 4. The lowest BCUT2D eigenvalue weighted by Crippen LogP contribution is -2.21.